The molecule has 9 heteroatoms. The SMILES string of the molecule is CCC(C)C(NC(=O)Nc1cccc(Cl)c1Cl)C(=O)N1CCN(C(=O)C2CC2)C(C)C1. The van der Waals surface area contributed by atoms with Gasteiger partial charge >= 0.3 is 6.03 Å². The van der Waals surface area contributed by atoms with E-state index in [0.717, 1.165) is 19.3 Å². The van der Waals surface area contributed by atoms with E-state index in [1.165, 1.54) is 0 Å². The Kier molecular flexibility index (Phi) is 7.70. The van der Waals surface area contributed by atoms with Crippen LogP contribution in [0.15, 0.2) is 18.2 Å². The summed E-state index contributed by atoms with van der Waals surface area (Å²) >= 11 is 12.2. The molecule has 1 heterocycles. The summed E-state index contributed by atoms with van der Waals surface area (Å²) in [4.78, 5) is 42.0. The molecule has 3 unspecified atom stereocenters. The second-order valence-electron chi connectivity index (χ2n) is 8.50. The van der Waals surface area contributed by atoms with Crippen LogP contribution in [0.1, 0.15) is 40.0 Å². The van der Waals surface area contributed by atoms with Gasteiger partial charge in [0.1, 0.15) is 6.04 Å². The van der Waals surface area contributed by atoms with E-state index in [4.69, 9.17) is 23.2 Å². The third kappa shape index (κ3) is 5.63. The number of halogens is 2. The fourth-order valence-corrected chi connectivity index (χ4v) is 4.18. The van der Waals surface area contributed by atoms with E-state index in [2.05, 4.69) is 10.6 Å². The van der Waals surface area contributed by atoms with Crippen LogP contribution in [0.5, 0.6) is 0 Å². The van der Waals surface area contributed by atoms with Crippen LogP contribution >= 0.6 is 23.2 Å². The van der Waals surface area contributed by atoms with Gasteiger partial charge in [0.2, 0.25) is 11.8 Å². The summed E-state index contributed by atoms with van der Waals surface area (Å²) in [6.07, 6.45) is 2.66. The largest absolute Gasteiger partial charge is 0.337 e. The van der Waals surface area contributed by atoms with Crippen molar-refractivity contribution in [2.45, 2.75) is 52.1 Å². The number of carbonyl (C=O) groups is 3. The molecule has 0 aromatic heterocycles. The molecular weight excluding hydrogens is 439 g/mol. The number of carbonyl (C=O) groups excluding carboxylic acids is 3. The van der Waals surface area contributed by atoms with Crippen LogP contribution in [-0.4, -0.2) is 59.4 Å². The highest BCUT2D eigenvalue weighted by molar-refractivity contribution is 6.43. The molecule has 3 rings (SSSR count). The average Bonchev–Trinajstić information content (AvgIpc) is 3.59. The topological polar surface area (TPSA) is 81.8 Å². The van der Waals surface area contributed by atoms with Crippen molar-refractivity contribution < 1.29 is 14.4 Å². The first kappa shape index (κ1) is 23.7. The Labute approximate surface area is 193 Å². The maximum Gasteiger partial charge on any atom is 0.319 e. The highest BCUT2D eigenvalue weighted by Crippen LogP contribution is 2.32. The highest BCUT2D eigenvalue weighted by atomic mass is 35.5. The summed E-state index contributed by atoms with van der Waals surface area (Å²) in [6, 6.07) is 3.73. The molecule has 7 nitrogen and oxygen atoms in total. The lowest BCUT2D eigenvalue weighted by Crippen LogP contribution is -2.60. The molecule has 2 aliphatic rings. The molecule has 1 aromatic carbocycles. The van der Waals surface area contributed by atoms with Crippen molar-refractivity contribution >= 4 is 46.7 Å². The second-order valence-corrected chi connectivity index (χ2v) is 9.29. The minimum Gasteiger partial charge on any atom is -0.337 e. The van der Waals surface area contributed by atoms with Gasteiger partial charge in [0, 0.05) is 31.6 Å². The van der Waals surface area contributed by atoms with Gasteiger partial charge in [-0.25, -0.2) is 4.79 Å². The number of amides is 4. The number of rotatable bonds is 6. The molecular formula is C22H30Cl2N4O3. The quantitative estimate of drug-likeness (QED) is 0.661. The van der Waals surface area contributed by atoms with Crippen molar-refractivity contribution in [3.63, 3.8) is 0 Å². The molecule has 2 N–H and O–H groups in total. The molecule has 3 atom stereocenters. The number of piperazine rings is 1. The van der Waals surface area contributed by atoms with Crippen LogP contribution < -0.4 is 10.6 Å². The van der Waals surface area contributed by atoms with E-state index in [1.807, 2.05) is 25.7 Å². The summed E-state index contributed by atoms with van der Waals surface area (Å²) < 4.78 is 0. The minimum absolute atomic E-state index is 0.0394. The molecule has 4 amide bonds. The lowest BCUT2D eigenvalue weighted by atomic mass is 9.97. The fraction of sp³-hybridized carbons (Fsp3) is 0.591. The fourth-order valence-electron chi connectivity index (χ4n) is 3.83. The molecule has 0 bridgehead atoms. The highest BCUT2D eigenvalue weighted by Gasteiger charge is 2.39. The van der Waals surface area contributed by atoms with Gasteiger partial charge in [-0.2, -0.15) is 0 Å². The van der Waals surface area contributed by atoms with Crippen molar-refractivity contribution in [3.8, 4) is 0 Å². The Morgan fingerprint density at radius 3 is 2.52 bits per heavy atom. The van der Waals surface area contributed by atoms with Gasteiger partial charge < -0.3 is 20.4 Å². The van der Waals surface area contributed by atoms with E-state index in [0.29, 0.717) is 30.3 Å². The summed E-state index contributed by atoms with van der Waals surface area (Å²) in [7, 11) is 0. The van der Waals surface area contributed by atoms with E-state index >= 15 is 0 Å². The zero-order chi connectivity index (χ0) is 22.7. The van der Waals surface area contributed by atoms with Crippen molar-refractivity contribution in [2.75, 3.05) is 25.0 Å². The summed E-state index contributed by atoms with van der Waals surface area (Å²) in [5, 5.41) is 6.07. The Morgan fingerprint density at radius 1 is 1.19 bits per heavy atom. The first-order valence-electron chi connectivity index (χ1n) is 10.8. The lowest BCUT2D eigenvalue weighted by molar-refractivity contribution is -0.144. The summed E-state index contributed by atoms with van der Waals surface area (Å²) in [5.41, 5.74) is 0.378. The van der Waals surface area contributed by atoms with Gasteiger partial charge in [-0.1, -0.05) is 49.5 Å². The van der Waals surface area contributed by atoms with Crippen LogP contribution in [0.3, 0.4) is 0 Å². The maximum atomic E-state index is 13.3. The normalized spacial score (nSPS) is 20.7. The molecule has 170 valence electrons. The second kappa shape index (κ2) is 10.1. The van der Waals surface area contributed by atoms with Gasteiger partial charge in [0.15, 0.2) is 0 Å². The molecule has 1 saturated heterocycles. The zero-order valence-corrected chi connectivity index (χ0v) is 19.7. The number of anilines is 1. The van der Waals surface area contributed by atoms with E-state index in [-0.39, 0.29) is 34.7 Å². The number of nitrogens with zero attached hydrogens (tertiary/aromatic N) is 2. The molecule has 0 spiro atoms. The van der Waals surface area contributed by atoms with E-state index < -0.39 is 12.1 Å². The van der Waals surface area contributed by atoms with Gasteiger partial charge in [-0.15, -0.1) is 0 Å². The van der Waals surface area contributed by atoms with Crippen molar-refractivity contribution in [3.05, 3.63) is 28.2 Å². The predicted octanol–water partition coefficient (Wildman–Crippen LogP) is 4.00. The number of urea groups is 1. The third-order valence-electron chi connectivity index (χ3n) is 6.11. The Bertz CT molecular complexity index is 846. The standard InChI is InChI=1S/C22H30Cl2N4O3/c1-4-13(2)19(26-22(31)25-17-7-5-6-16(23)18(17)24)21(30)27-10-11-28(14(3)12-27)20(29)15-8-9-15/h5-7,13-15,19H,4,8-12H2,1-3H3,(H2,25,26,31). The molecule has 31 heavy (non-hydrogen) atoms. The predicted molar refractivity (Wildman–Crippen MR) is 122 cm³/mol. The number of hydrogen-bond acceptors (Lipinski definition) is 3. The average molecular weight is 469 g/mol. The Morgan fingerprint density at radius 2 is 1.90 bits per heavy atom. The molecule has 1 aliphatic carbocycles. The minimum atomic E-state index is -0.680. The third-order valence-corrected chi connectivity index (χ3v) is 6.93. The smallest absolute Gasteiger partial charge is 0.319 e. The molecule has 2 fully saturated rings. The van der Waals surface area contributed by atoms with E-state index in [9.17, 15) is 14.4 Å². The number of nitrogens with one attached hydrogen (secondary N) is 2. The first-order chi connectivity index (χ1) is 14.7. The summed E-state index contributed by atoms with van der Waals surface area (Å²) in [5.74, 6) is 0.178. The monoisotopic (exact) mass is 468 g/mol. The van der Waals surface area contributed by atoms with Gasteiger partial charge in [-0.3, -0.25) is 9.59 Å². The Balaban J connectivity index is 1.64. The van der Waals surface area contributed by atoms with Crippen LogP contribution in [0.4, 0.5) is 10.5 Å². The number of benzene rings is 1. The van der Waals surface area contributed by atoms with Gasteiger partial charge in [0.05, 0.1) is 15.7 Å². The van der Waals surface area contributed by atoms with Gasteiger partial charge in [-0.05, 0) is 37.8 Å². The van der Waals surface area contributed by atoms with Gasteiger partial charge in [0.25, 0.3) is 0 Å². The lowest BCUT2D eigenvalue weighted by Gasteiger charge is -2.41. The summed E-state index contributed by atoms with van der Waals surface area (Å²) in [6.45, 7) is 7.35. The van der Waals surface area contributed by atoms with Crippen LogP contribution in [0.25, 0.3) is 0 Å². The van der Waals surface area contributed by atoms with Crippen molar-refractivity contribution in [2.24, 2.45) is 11.8 Å². The maximum absolute atomic E-state index is 13.3. The van der Waals surface area contributed by atoms with E-state index in [1.54, 1.807) is 23.1 Å². The number of hydrogen-bond donors (Lipinski definition) is 2. The van der Waals surface area contributed by atoms with Crippen LogP contribution in [-0.2, 0) is 9.59 Å². The zero-order valence-electron chi connectivity index (χ0n) is 18.2. The van der Waals surface area contributed by atoms with Crippen LogP contribution in [0, 0.1) is 11.8 Å². The van der Waals surface area contributed by atoms with Crippen molar-refractivity contribution in [1.82, 2.24) is 15.1 Å². The first-order valence-corrected chi connectivity index (χ1v) is 11.6. The molecule has 1 saturated carbocycles. The van der Waals surface area contributed by atoms with Crippen LogP contribution in [0.2, 0.25) is 10.0 Å². The van der Waals surface area contributed by atoms with Crippen molar-refractivity contribution in [1.29, 1.82) is 0 Å². The molecule has 1 aromatic rings. The molecule has 1 aliphatic heterocycles. The Hall–Kier alpha value is -1.99. The molecule has 0 radical (unpaired) electrons.